The first-order valence-electron chi connectivity index (χ1n) is 9.40. The number of nitrogen functional groups attached to an aromatic ring is 1. The van der Waals surface area contributed by atoms with E-state index in [-0.39, 0.29) is 5.91 Å². The average Bonchev–Trinajstić information content (AvgIpc) is 2.73. The minimum Gasteiger partial charge on any atom is -0.398 e. The summed E-state index contributed by atoms with van der Waals surface area (Å²) in [5.74, 6) is -0.170. The number of anilines is 2. The summed E-state index contributed by atoms with van der Waals surface area (Å²) in [4.78, 5) is 17.4. The monoisotopic (exact) mass is 379 g/mol. The van der Waals surface area contributed by atoms with Crippen LogP contribution in [0.25, 0.3) is 23.1 Å². The molecule has 142 valence electrons. The van der Waals surface area contributed by atoms with Gasteiger partial charge in [0, 0.05) is 28.0 Å². The Morgan fingerprint density at radius 1 is 0.931 bits per heavy atom. The molecule has 0 aliphatic heterocycles. The molecule has 0 atom stereocenters. The highest BCUT2D eigenvalue weighted by atomic mass is 16.1. The minimum atomic E-state index is -0.170. The fourth-order valence-corrected chi connectivity index (χ4v) is 3.27. The van der Waals surface area contributed by atoms with Crippen molar-refractivity contribution in [1.29, 1.82) is 0 Å². The maximum Gasteiger partial charge on any atom is 0.256 e. The maximum atomic E-state index is 12.9. The summed E-state index contributed by atoms with van der Waals surface area (Å²) in [6.07, 6.45) is 3.95. The van der Waals surface area contributed by atoms with Crippen LogP contribution in [-0.4, -0.2) is 10.9 Å². The van der Waals surface area contributed by atoms with Crippen molar-refractivity contribution in [3.05, 3.63) is 101 Å². The highest BCUT2D eigenvalue weighted by Gasteiger charge is 2.11. The van der Waals surface area contributed by atoms with Crippen LogP contribution in [0.4, 0.5) is 11.4 Å². The summed E-state index contributed by atoms with van der Waals surface area (Å²) >= 11 is 0. The number of carbonyl (C=O) groups excluding carboxylic acids is 1. The number of nitrogens with zero attached hydrogens (tertiary/aromatic N) is 1. The third kappa shape index (κ3) is 4.17. The highest BCUT2D eigenvalue weighted by molar-refractivity contribution is 6.08. The van der Waals surface area contributed by atoms with E-state index >= 15 is 0 Å². The van der Waals surface area contributed by atoms with Crippen LogP contribution in [-0.2, 0) is 0 Å². The molecule has 0 fully saturated rings. The highest BCUT2D eigenvalue weighted by Crippen LogP contribution is 2.25. The van der Waals surface area contributed by atoms with Gasteiger partial charge in [-0.15, -0.1) is 0 Å². The zero-order chi connectivity index (χ0) is 20.2. The predicted molar refractivity (Wildman–Crippen MR) is 121 cm³/mol. The van der Waals surface area contributed by atoms with Crippen LogP contribution in [0.3, 0.4) is 0 Å². The van der Waals surface area contributed by atoms with Crippen molar-refractivity contribution in [3.63, 3.8) is 0 Å². The molecule has 1 heterocycles. The zero-order valence-electron chi connectivity index (χ0n) is 16.1. The largest absolute Gasteiger partial charge is 0.398 e. The summed E-state index contributed by atoms with van der Waals surface area (Å²) in [6.45, 7) is 1.91. The summed E-state index contributed by atoms with van der Waals surface area (Å²) in [6, 6.07) is 24.9. The van der Waals surface area contributed by atoms with E-state index in [0.29, 0.717) is 16.9 Å². The van der Waals surface area contributed by atoms with Crippen molar-refractivity contribution in [2.45, 2.75) is 6.92 Å². The Kier molecular flexibility index (Phi) is 5.08. The molecule has 0 unspecified atom stereocenters. The number of carbonyl (C=O) groups is 1. The van der Waals surface area contributed by atoms with Crippen molar-refractivity contribution >= 4 is 40.3 Å². The van der Waals surface area contributed by atoms with E-state index in [1.807, 2.05) is 97.9 Å². The quantitative estimate of drug-likeness (QED) is 0.457. The smallest absolute Gasteiger partial charge is 0.256 e. The van der Waals surface area contributed by atoms with Gasteiger partial charge in [-0.25, -0.2) is 0 Å². The first-order chi connectivity index (χ1) is 14.1. The number of benzene rings is 3. The molecule has 1 amide bonds. The third-order valence-electron chi connectivity index (χ3n) is 4.69. The number of aromatic nitrogens is 1. The number of rotatable bonds is 4. The Hall–Kier alpha value is -3.92. The van der Waals surface area contributed by atoms with Gasteiger partial charge in [-0.2, -0.15) is 0 Å². The van der Waals surface area contributed by atoms with E-state index < -0.39 is 0 Å². The van der Waals surface area contributed by atoms with Gasteiger partial charge >= 0.3 is 0 Å². The normalized spacial score (nSPS) is 11.1. The Labute approximate surface area is 169 Å². The summed E-state index contributed by atoms with van der Waals surface area (Å²) in [5.41, 5.74) is 11.7. The molecule has 0 radical (unpaired) electrons. The lowest BCUT2D eigenvalue weighted by molar-refractivity contribution is 0.102. The first kappa shape index (κ1) is 18.4. The summed E-state index contributed by atoms with van der Waals surface area (Å²) in [5, 5.41) is 3.80. The van der Waals surface area contributed by atoms with Crippen LogP contribution in [0.15, 0.2) is 78.9 Å². The lowest BCUT2D eigenvalue weighted by Gasteiger charge is -2.10. The number of fused-ring (bicyclic) bond motifs is 1. The van der Waals surface area contributed by atoms with Gasteiger partial charge in [0.2, 0.25) is 0 Å². The molecule has 4 rings (SSSR count). The van der Waals surface area contributed by atoms with Crippen LogP contribution in [0.2, 0.25) is 0 Å². The number of nitrogens with one attached hydrogen (secondary N) is 1. The van der Waals surface area contributed by atoms with Gasteiger partial charge in [0.15, 0.2) is 0 Å². The second-order valence-electron chi connectivity index (χ2n) is 6.87. The number of hydrogen-bond acceptors (Lipinski definition) is 3. The van der Waals surface area contributed by atoms with E-state index in [1.165, 1.54) is 0 Å². The lowest BCUT2D eigenvalue weighted by Crippen LogP contribution is -2.13. The molecule has 4 nitrogen and oxygen atoms in total. The summed E-state index contributed by atoms with van der Waals surface area (Å²) < 4.78 is 0. The molecule has 3 N–H and O–H groups in total. The van der Waals surface area contributed by atoms with Gasteiger partial charge in [-0.05, 0) is 48.4 Å². The average molecular weight is 379 g/mol. The van der Waals surface area contributed by atoms with Crippen LogP contribution < -0.4 is 11.1 Å². The van der Waals surface area contributed by atoms with Crippen molar-refractivity contribution in [3.8, 4) is 0 Å². The SMILES string of the molecule is Cc1cc(N)c2cc(NC(=O)c3ccccc3/C=C/c3ccccc3)ccc2n1. The van der Waals surface area contributed by atoms with Crippen molar-refractivity contribution in [2.75, 3.05) is 11.1 Å². The molecule has 4 heteroatoms. The van der Waals surface area contributed by atoms with Gasteiger partial charge in [0.25, 0.3) is 5.91 Å². The first-order valence-corrected chi connectivity index (χ1v) is 9.40. The Morgan fingerprint density at radius 2 is 1.69 bits per heavy atom. The van der Waals surface area contributed by atoms with E-state index in [4.69, 9.17) is 5.73 Å². The van der Waals surface area contributed by atoms with Gasteiger partial charge in [-0.1, -0.05) is 60.7 Å². The molecule has 0 saturated heterocycles. The Morgan fingerprint density at radius 3 is 2.52 bits per heavy atom. The van der Waals surface area contributed by atoms with Gasteiger partial charge in [0.1, 0.15) is 0 Å². The second kappa shape index (κ2) is 7.98. The van der Waals surface area contributed by atoms with Crippen molar-refractivity contribution < 1.29 is 4.79 Å². The molecule has 0 aliphatic rings. The number of aryl methyl sites for hydroxylation is 1. The van der Waals surface area contributed by atoms with Crippen LogP contribution >= 0.6 is 0 Å². The predicted octanol–water partition coefficient (Wildman–Crippen LogP) is 5.55. The van der Waals surface area contributed by atoms with E-state index in [0.717, 1.165) is 27.7 Å². The molecule has 3 aromatic carbocycles. The Balaban J connectivity index is 1.61. The molecule has 0 spiro atoms. The molecular weight excluding hydrogens is 358 g/mol. The Bertz CT molecular complexity index is 1210. The van der Waals surface area contributed by atoms with E-state index in [2.05, 4.69) is 10.3 Å². The fraction of sp³-hybridized carbons (Fsp3) is 0.0400. The number of amides is 1. The van der Waals surface area contributed by atoms with E-state index in [1.54, 1.807) is 0 Å². The molecule has 4 aromatic rings. The third-order valence-corrected chi connectivity index (χ3v) is 4.69. The van der Waals surface area contributed by atoms with Gasteiger partial charge < -0.3 is 11.1 Å². The molecule has 29 heavy (non-hydrogen) atoms. The molecular formula is C25H21N3O. The molecule has 0 aliphatic carbocycles. The molecule has 0 bridgehead atoms. The van der Waals surface area contributed by atoms with Gasteiger partial charge in [0.05, 0.1) is 5.52 Å². The fourth-order valence-electron chi connectivity index (χ4n) is 3.27. The lowest BCUT2D eigenvalue weighted by atomic mass is 10.0. The zero-order valence-corrected chi connectivity index (χ0v) is 16.1. The van der Waals surface area contributed by atoms with Crippen LogP contribution in [0, 0.1) is 6.92 Å². The standard InChI is InChI=1S/C25H21N3O/c1-17-15-23(26)22-16-20(13-14-24(22)27-17)28-25(29)21-10-6-5-9-19(21)12-11-18-7-3-2-4-8-18/h2-16H,1H3,(H2,26,27)(H,28,29)/b12-11+. The van der Waals surface area contributed by atoms with Crippen molar-refractivity contribution in [2.24, 2.45) is 0 Å². The topological polar surface area (TPSA) is 68.0 Å². The minimum absolute atomic E-state index is 0.170. The van der Waals surface area contributed by atoms with Gasteiger partial charge in [-0.3, -0.25) is 9.78 Å². The number of nitrogens with two attached hydrogens (primary N) is 1. The van der Waals surface area contributed by atoms with Crippen LogP contribution in [0.1, 0.15) is 27.2 Å². The number of pyridine rings is 1. The van der Waals surface area contributed by atoms with Crippen molar-refractivity contribution in [1.82, 2.24) is 4.98 Å². The van der Waals surface area contributed by atoms with E-state index in [9.17, 15) is 4.79 Å². The molecule has 1 aromatic heterocycles. The second-order valence-corrected chi connectivity index (χ2v) is 6.87. The van der Waals surface area contributed by atoms with Crippen LogP contribution in [0.5, 0.6) is 0 Å². The maximum absolute atomic E-state index is 12.9. The summed E-state index contributed by atoms with van der Waals surface area (Å²) in [7, 11) is 0. The molecule has 0 saturated carbocycles. The number of hydrogen-bond donors (Lipinski definition) is 2.